The second kappa shape index (κ2) is 6.01. The van der Waals surface area contributed by atoms with Gasteiger partial charge in [-0.25, -0.2) is 9.97 Å². The van der Waals surface area contributed by atoms with Crippen molar-refractivity contribution in [3.63, 3.8) is 0 Å². The fourth-order valence-electron chi connectivity index (χ4n) is 1.30. The summed E-state index contributed by atoms with van der Waals surface area (Å²) in [4.78, 5) is 12.5. The molecule has 0 aliphatic rings. The molecule has 5 nitrogen and oxygen atoms in total. The second-order valence-electron chi connectivity index (χ2n) is 3.40. The fraction of sp³-hybridized carbons (Fsp3) is 0.182. The monoisotopic (exact) mass is 325 g/mol. The van der Waals surface area contributed by atoms with Crippen molar-refractivity contribution in [1.82, 2.24) is 15.0 Å². The smallest absolute Gasteiger partial charge is 0.223 e. The van der Waals surface area contributed by atoms with Crippen LogP contribution in [-0.4, -0.2) is 21.5 Å². The van der Waals surface area contributed by atoms with E-state index in [1.165, 1.54) is 11.8 Å². The molecule has 0 saturated carbocycles. The van der Waals surface area contributed by atoms with Crippen molar-refractivity contribution in [1.29, 1.82) is 0 Å². The van der Waals surface area contributed by atoms with Gasteiger partial charge in [0.1, 0.15) is 15.9 Å². The van der Waals surface area contributed by atoms with Gasteiger partial charge in [0.2, 0.25) is 5.95 Å². The van der Waals surface area contributed by atoms with Gasteiger partial charge >= 0.3 is 0 Å². The lowest BCUT2D eigenvalue weighted by Gasteiger charge is -2.06. The molecule has 2 rings (SSSR count). The second-order valence-corrected chi connectivity index (χ2v) is 5.35. The third-order valence-corrected chi connectivity index (χ3v) is 3.33. The predicted octanol–water partition coefficient (Wildman–Crippen LogP) is 2.80. The summed E-state index contributed by atoms with van der Waals surface area (Å²) in [6.07, 6.45) is 1.75. The molecule has 0 spiro atoms. The molecule has 2 heterocycles. The highest BCUT2D eigenvalue weighted by molar-refractivity contribution is 9.10. The number of halogens is 1. The van der Waals surface area contributed by atoms with Crippen LogP contribution in [-0.2, 0) is 0 Å². The normalized spacial score (nSPS) is 10.3. The van der Waals surface area contributed by atoms with E-state index in [-0.39, 0.29) is 5.95 Å². The Labute approximate surface area is 118 Å². The van der Waals surface area contributed by atoms with E-state index in [1.807, 2.05) is 25.1 Å². The maximum Gasteiger partial charge on any atom is 0.223 e. The average Bonchev–Trinajstić information content (AvgIpc) is 2.32. The van der Waals surface area contributed by atoms with Crippen molar-refractivity contribution in [3.05, 3.63) is 28.9 Å². The predicted molar refractivity (Wildman–Crippen MR) is 76.7 cm³/mol. The zero-order valence-electron chi connectivity index (χ0n) is 9.72. The molecule has 0 amide bonds. The molecule has 2 aromatic heterocycles. The summed E-state index contributed by atoms with van der Waals surface area (Å²) < 4.78 is 0.947. The molecule has 0 bridgehead atoms. The van der Waals surface area contributed by atoms with Gasteiger partial charge in [0.25, 0.3) is 0 Å². The third kappa shape index (κ3) is 3.58. The lowest BCUT2D eigenvalue weighted by Crippen LogP contribution is -2.03. The van der Waals surface area contributed by atoms with E-state index in [9.17, 15) is 0 Å². The number of nitrogens with zero attached hydrogens (tertiary/aromatic N) is 3. The summed E-state index contributed by atoms with van der Waals surface area (Å²) in [5.74, 6) is 0.984. The summed E-state index contributed by atoms with van der Waals surface area (Å²) in [5.41, 5.74) is 5.66. The Morgan fingerprint density at radius 1 is 1.33 bits per heavy atom. The molecule has 18 heavy (non-hydrogen) atoms. The Kier molecular flexibility index (Phi) is 4.38. The van der Waals surface area contributed by atoms with E-state index in [2.05, 4.69) is 36.2 Å². The highest BCUT2D eigenvalue weighted by Gasteiger charge is 2.04. The lowest BCUT2D eigenvalue weighted by molar-refractivity contribution is 1.04. The molecule has 0 saturated heterocycles. The van der Waals surface area contributed by atoms with Gasteiger partial charge in [-0.2, -0.15) is 4.98 Å². The van der Waals surface area contributed by atoms with E-state index in [1.54, 1.807) is 6.20 Å². The molecular weight excluding hydrogens is 314 g/mol. The third-order valence-electron chi connectivity index (χ3n) is 1.99. The van der Waals surface area contributed by atoms with E-state index < -0.39 is 0 Å². The van der Waals surface area contributed by atoms with Crippen LogP contribution < -0.4 is 11.1 Å². The lowest BCUT2D eigenvalue weighted by atomic mass is 10.5. The topological polar surface area (TPSA) is 76.7 Å². The molecule has 7 heteroatoms. The summed E-state index contributed by atoms with van der Waals surface area (Å²) in [6, 6.07) is 5.71. The Morgan fingerprint density at radius 3 is 2.83 bits per heavy atom. The van der Waals surface area contributed by atoms with Crippen LogP contribution in [0.25, 0.3) is 0 Å². The van der Waals surface area contributed by atoms with Crippen LogP contribution in [0.2, 0.25) is 0 Å². The van der Waals surface area contributed by atoms with Crippen molar-refractivity contribution < 1.29 is 0 Å². The molecule has 0 atom stereocenters. The number of aromatic nitrogens is 3. The molecule has 0 aliphatic heterocycles. The number of nitrogens with one attached hydrogen (secondary N) is 1. The number of anilines is 2. The number of hydrogen-bond donors (Lipinski definition) is 2. The Bertz CT molecular complexity index is 531. The molecule has 0 aliphatic carbocycles. The standard InChI is InChI=1S/C11H12BrN5S/c1-2-14-8-5-10(17-11(13)16-8)18-9-4-3-7(12)6-15-9/h3-6H,2H2,1H3,(H3,13,14,16,17). The fourth-order valence-corrected chi connectivity index (χ4v) is 2.30. The van der Waals surface area contributed by atoms with Gasteiger partial charge in [-0.05, 0) is 46.7 Å². The first kappa shape index (κ1) is 13.1. The zero-order chi connectivity index (χ0) is 13.0. The maximum absolute atomic E-state index is 5.66. The summed E-state index contributed by atoms with van der Waals surface area (Å²) in [5, 5.41) is 4.74. The quantitative estimate of drug-likeness (QED) is 0.842. The molecule has 0 aromatic carbocycles. The molecule has 0 fully saturated rings. The molecule has 0 unspecified atom stereocenters. The van der Waals surface area contributed by atoms with Gasteiger partial charge in [-0.1, -0.05) is 0 Å². The minimum absolute atomic E-state index is 0.257. The molecule has 94 valence electrons. The Hall–Kier alpha value is -1.34. The van der Waals surface area contributed by atoms with E-state index in [0.29, 0.717) is 0 Å². The van der Waals surface area contributed by atoms with Crippen LogP contribution in [0.15, 0.2) is 38.9 Å². The summed E-state index contributed by atoms with van der Waals surface area (Å²) in [7, 11) is 0. The average molecular weight is 326 g/mol. The summed E-state index contributed by atoms with van der Waals surface area (Å²) in [6.45, 7) is 2.79. The van der Waals surface area contributed by atoms with Crippen molar-refractivity contribution in [2.75, 3.05) is 17.6 Å². The van der Waals surface area contributed by atoms with Gasteiger partial charge < -0.3 is 11.1 Å². The molecular formula is C11H12BrN5S. The van der Waals surface area contributed by atoms with Gasteiger partial charge in [-0.3, -0.25) is 0 Å². The number of rotatable bonds is 4. The minimum Gasteiger partial charge on any atom is -0.370 e. The number of nitrogens with two attached hydrogens (primary N) is 1. The van der Waals surface area contributed by atoms with Crippen molar-refractivity contribution in [2.24, 2.45) is 0 Å². The van der Waals surface area contributed by atoms with E-state index in [0.717, 1.165) is 26.9 Å². The minimum atomic E-state index is 0.257. The molecule has 3 N–H and O–H groups in total. The van der Waals surface area contributed by atoms with Crippen LogP contribution in [0.5, 0.6) is 0 Å². The van der Waals surface area contributed by atoms with E-state index >= 15 is 0 Å². The largest absolute Gasteiger partial charge is 0.370 e. The zero-order valence-corrected chi connectivity index (χ0v) is 12.1. The maximum atomic E-state index is 5.66. The van der Waals surface area contributed by atoms with Gasteiger partial charge in [-0.15, -0.1) is 0 Å². The van der Waals surface area contributed by atoms with Gasteiger partial charge in [0, 0.05) is 23.3 Å². The highest BCUT2D eigenvalue weighted by atomic mass is 79.9. The first-order valence-electron chi connectivity index (χ1n) is 5.35. The van der Waals surface area contributed by atoms with E-state index in [4.69, 9.17) is 5.73 Å². The van der Waals surface area contributed by atoms with Crippen molar-refractivity contribution in [2.45, 2.75) is 17.0 Å². The van der Waals surface area contributed by atoms with Gasteiger partial charge in [0.15, 0.2) is 0 Å². The van der Waals surface area contributed by atoms with Crippen LogP contribution in [0.3, 0.4) is 0 Å². The molecule has 0 radical (unpaired) electrons. The van der Waals surface area contributed by atoms with Crippen LogP contribution in [0.1, 0.15) is 6.92 Å². The first-order valence-corrected chi connectivity index (χ1v) is 6.96. The van der Waals surface area contributed by atoms with Crippen molar-refractivity contribution >= 4 is 39.5 Å². The Morgan fingerprint density at radius 2 is 2.17 bits per heavy atom. The van der Waals surface area contributed by atoms with Gasteiger partial charge in [0.05, 0.1) is 0 Å². The van der Waals surface area contributed by atoms with Crippen molar-refractivity contribution in [3.8, 4) is 0 Å². The SMILES string of the molecule is CCNc1cc(Sc2ccc(Br)cn2)nc(N)n1. The number of pyridine rings is 1. The van der Waals surface area contributed by atoms with Crippen LogP contribution in [0, 0.1) is 0 Å². The molecule has 2 aromatic rings. The summed E-state index contributed by atoms with van der Waals surface area (Å²) >= 11 is 4.79. The van der Waals surface area contributed by atoms with Crippen LogP contribution >= 0.6 is 27.7 Å². The van der Waals surface area contributed by atoms with Crippen LogP contribution in [0.4, 0.5) is 11.8 Å². The highest BCUT2D eigenvalue weighted by Crippen LogP contribution is 2.26. The number of hydrogen-bond acceptors (Lipinski definition) is 6. The number of nitrogen functional groups attached to an aromatic ring is 1. The first-order chi connectivity index (χ1) is 8.67. The Balaban J connectivity index is 2.20.